The zero-order valence-electron chi connectivity index (χ0n) is 13.6. The topological polar surface area (TPSA) is 40.8 Å². The highest BCUT2D eigenvalue weighted by atomic mass is 16.5. The van der Waals surface area contributed by atoms with Crippen molar-refractivity contribution in [3.05, 3.63) is 42.5 Å². The van der Waals surface area contributed by atoms with E-state index in [2.05, 4.69) is 6.92 Å². The molecule has 1 heterocycles. The van der Waals surface area contributed by atoms with E-state index in [0.717, 1.165) is 34.5 Å². The Morgan fingerprint density at radius 2 is 1.74 bits per heavy atom. The van der Waals surface area contributed by atoms with Crippen LogP contribution in [0.4, 0.5) is 0 Å². The van der Waals surface area contributed by atoms with Gasteiger partial charge in [-0.05, 0) is 48.9 Å². The second-order valence-corrected chi connectivity index (χ2v) is 5.23. The largest absolute Gasteiger partial charge is 0.494 e. The second kappa shape index (κ2) is 6.65. The minimum absolute atomic E-state index is 0.678. The number of hydrogen-bond acceptors (Lipinski definition) is 4. The summed E-state index contributed by atoms with van der Waals surface area (Å²) in [6.07, 6.45) is 0.986. The predicted octanol–water partition coefficient (Wildman–Crippen LogP) is 4.91. The average Bonchev–Trinajstić information content (AvgIpc) is 3.02. The zero-order valence-corrected chi connectivity index (χ0v) is 13.6. The van der Waals surface area contributed by atoms with Gasteiger partial charge in [-0.15, -0.1) is 0 Å². The van der Waals surface area contributed by atoms with Crippen molar-refractivity contribution in [1.82, 2.24) is 0 Å². The van der Waals surface area contributed by atoms with Gasteiger partial charge >= 0.3 is 0 Å². The molecule has 0 saturated carbocycles. The minimum Gasteiger partial charge on any atom is -0.494 e. The lowest BCUT2D eigenvalue weighted by Crippen LogP contribution is -1.93. The molecule has 0 aliphatic heterocycles. The van der Waals surface area contributed by atoms with Crippen LogP contribution in [0.15, 0.2) is 46.9 Å². The van der Waals surface area contributed by atoms with Crippen molar-refractivity contribution in [3.8, 4) is 28.6 Å². The summed E-state index contributed by atoms with van der Waals surface area (Å²) in [4.78, 5) is 0. The quantitative estimate of drug-likeness (QED) is 0.648. The van der Waals surface area contributed by atoms with Crippen LogP contribution < -0.4 is 14.2 Å². The van der Waals surface area contributed by atoms with Gasteiger partial charge < -0.3 is 18.6 Å². The molecule has 0 fully saturated rings. The number of furan rings is 1. The molecule has 0 spiro atoms. The molecule has 0 unspecified atom stereocenters. The van der Waals surface area contributed by atoms with Crippen molar-refractivity contribution < 1.29 is 18.6 Å². The van der Waals surface area contributed by atoms with Crippen LogP contribution in [-0.4, -0.2) is 20.8 Å². The summed E-state index contributed by atoms with van der Waals surface area (Å²) in [6.45, 7) is 2.80. The third-order valence-electron chi connectivity index (χ3n) is 3.63. The average molecular weight is 312 g/mol. The lowest BCUT2D eigenvalue weighted by molar-refractivity contribution is 0.318. The van der Waals surface area contributed by atoms with Crippen molar-refractivity contribution in [1.29, 1.82) is 0 Å². The Bertz CT molecular complexity index is 804. The van der Waals surface area contributed by atoms with Crippen molar-refractivity contribution >= 4 is 11.0 Å². The molecule has 0 N–H and O–H groups in total. The maximum atomic E-state index is 5.93. The van der Waals surface area contributed by atoms with E-state index in [4.69, 9.17) is 18.6 Å². The monoisotopic (exact) mass is 312 g/mol. The summed E-state index contributed by atoms with van der Waals surface area (Å²) in [7, 11) is 3.24. The van der Waals surface area contributed by atoms with Gasteiger partial charge in [0.15, 0.2) is 11.5 Å². The fourth-order valence-corrected chi connectivity index (χ4v) is 2.46. The van der Waals surface area contributed by atoms with Gasteiger partial charge in [-0.3, -0.25) is 0 Å². The highest BCUT2D eigenvalue weighted by Gasteiger charge is 2.11. The van der Waals surface area contributed by atoms with E-state index in [-0.39, 0.29) is 0 Å². The molecule has 0 aliphatic carbocycles. The fraction of sp³-hybridized carbons (Fsp3) is 0.263. The molecular formula is C19H20O4. The first kappa shape index (κ1) is 15.3. The first-order valence-electron chi connectivity index (χ1n) is 7.64. The lowest BCUT2D eigenvalue weighted by Gasteiger charge is -2.08. The number of hydrogen-bond donors (Lipinski definition) is 0. The van der Waals surface area contributed by atoms with Crippen LogP contribution >= 0.6 is 0 Å². The Hall–Kier alpha value is -2.62. The van der Waals surface area contributed by atoms with Gasteiger partial charge in [0.25, 0.3) is 0 Å². The van der Waals surface area contributed by atoms with Crippen LogP contribution in [0.1, 0.15) is 13.3 Å². The minimum atomic E-state index is 0.678. The Morgan fingerprint density at radius 3 is 2.48 bits per heavy atom. The van der Waals surface area contributed by atoms with Crippen LogP contribution in [-0.2, 0) is 0 Å². The Kier molecular flexibility index (Phi) is 4.42. The second-order valence-electron chi connectivity index (χ2n) is 5.23. The molecule has 4 heteroatoms. The molecule has 0 saturated heterocycles. The molecule has 0 atom stereocenters. The van der Waals surface area contributed by atoms with Gasteiger partial charge in [0, 0.05) is 10.9 Å². The number of ether oxygens (including phenoxy) is 3. The van der Waals surface area contributed by atoms with Crippen molar-refractivity contribution in [2.45, 2.75) is 13.3 Å². The maximum Gasteiger partial charge on any atom is 0.161 e. The molecule has 120 valence electrons. The van der Waals surface area contributed by atoms with E-state index in [1.165, 1.54) is 0 Å². The summed E-state index contributed by atoms with van der Waals surface area (Å²) < 4.78 is 22.2. The third kappa shape index (κ3) is 3.11. The molecule has 3 rings (SSSR count). The highest BCUT2D eigenvalue weighted by molar-refractivity contribution is 5.84. The van der Waals surface area contributed by atoms with E-state index in [1.807, 2.05) is 42.5 Å². The zero-order chi connectivity index (χ0) is 16.2. The Labute approximate surface area is 135 Å². The summed E-state index contributed by atoms with van der Waals surface area (Å²) in [6, 6.07) is 13.6. The van der Waals surface area contributed by atoms with Crippen molar-refractivity contribution in [2.24, 2.45) is 0 Å². The molecule has 2 aromatic carbocycles. The Balaban J connectivity index is 1.96. The first-order chi connectivity index (χ1) is 11.2. The first-order valence-corrected chi connectivity index (χ1v) is 7.64. The lowest BCUT2D eigenvalue weighted by atomic mass is 10.1. The van der Waals surface area contributed by atoms with Crippen LogP contribution in [0.3, 0.4) is 0 Å². The number of fused-ring (bicyclic) bond motifs is 1. The predicted molar refractivity (Wildman–Crippen MR) is 90.5 cm³/mol. The van der Waals surface area contributed by atoms with Crippen molar-refractivity contribution in [3.63, 3.8) is 0 Å². The molecule has 0 amide bonds. The molecule has 0 radical (unpaired) electrons. The number of methoxy groups -OCH3 is 2. The SMILES string of the molecule is CCCOc1ccc2oc(-c3ccc(OC)c(OC)c3)cc2c1. The summed E-state index contributed by atoms with van der Waals surface area (Å²) >= 11 is 0. The molecule has 3 aromatic rings. The smallest absolute Gasteiger partial charge is 0.161 e. The van der Waals surface area contributed by atoms with Crippen LogP contribution in [0.5, 0.6) is 17.2 Å². The summed E-state index contributed by atoms with van der Waals surface area (Å²) in [5.41, 5.74) is 1.77. The highest BCUT2D eigenvalue weighted by Crippen LogP contribution is 2.35. The number of benzene rings is 2. The van der Waals surface area contributed by atoms with Crippen LogP contribution in [0, 0.1) is 0 Å². The maximum absolute atomic E-state index is 5.93. The molecule has 0 aliphatic rings. The van der Waals surface area contributed by atoms with Crippen molar-refractivity contribution in [2.75, 3.05) is 20.8 Å². The Morgan fingerprint density at radius 1 is 0.913 bits per heavy atom. The number of rotatable bonds is 6. The molecular weight excluding hydrogens is 292 g/mol. The van der Waals surface area contributed by atoms with Gasteiger partial charge in [-0.1, -0.05) is 6.92 Å². The molecule has 4 nitrogen and oxygen atoms in total. The van der Waals surface area contributed by atoms with Gasteiger partial charge in [-0.25, -0.2) is 0 Å². The van der Waals surface area contributed by atoms with E-state index in [9.17, 15) is 0 Å². The summed E-state index contributed by atoms with van der Waals surface area (Å²) in [5.74, 6) is 3.02. The van der Waals surface area contributed by atoms with E-state index >= 15 is 0 Å². The fourth-order valence-electron chi connectivity index (χ4n) is 2.46. The third-order valence-corrected chi connectivity index (χ3v) is 3.63. The van der Waals surface area contributed by atoms with Crippen LogP contribution in [0.25, 0.3) is 22.3 Å². The van der Waals surface area contributed by atoms with Crippen LogP contribution in [0.2, 0.25) is 0 Å². The van der Waals surface area contributed by atoms with E-state index < -0.39 is 0 Å². The van der Waals surface area contributed by atoms with Gasteiger partial charge in [-0.2, -0.15) is 0 Å². The van der Waals surface area contributed by atoms with E-state index in [0.29, 0.717) is 18.1 Å². The molecule has 0 bridgehead atoms. The van der Waals surface area contributed by atoms with Gasteiger partial charge in [0.1, 0.15) is 17.1 Å². The summed E-state index contributed by atoms with van der Waals surface area (Å²) in [5, 5.41) is 1.02. The standard InChI is InChI=1S/C19H20O4/c1-4-9-22-15-6-8-16-14(10-15)12-18(23-16)13-5-7-17(20-2)19(11-13)21-3/h5-8,10-12H,4,9H2,1-3H3. The van der Waals surface area contributed by atoms with Gasteiger partial charge in [0.05, 0.1) is 20.8 Å². The normalized spacial score (nSPS) is 10.7. The van der Waals surface area contributed by atoms with Gasteiger partial charge in [0.2, 0.25) is 0 Å². The molecule has 23 heavy (non-hydrogen) atoms. The molecule has 1 aromatic heterocycles. The van der Waals surface area contributed by atoms with E-state index in [1.54, 1.807) is 14.2 Å².